The molecule has 2 atom stereocenters. The molecular weight excluding hydrogens is 278 g/mol. The maximum absolute atomic E-state index is 13.6. The van der Waals surface area contributed by atoms with Gasteiger partial charge in [0.25, 0.3) is 5.92 Å². The van der Waals surface area contributed by atoms with Crippen molar-refractivity contribution in [1.29, 1.82) is 0 Å². The summed E-state index contributed by atoms with van der Waals surface area (Å²) >= 11 is 0. The maximum Gasteiger partial charge on any atom is 0.344 e. The van der Waals surface area contributed by atoms with Crippen LogP contribution >= 0.6 is 0 Å². The molecule has 6 heteroatoms. The van der Waals surface area contributed by atoms with Gasteiger partial charge in [-0.3, -0.25) is 4.84 Å². The average molecular weight is 296 g/mol. The number of benzene rings is 1. The lowest BCUT2D eigenvalue weighted by molar-refractivity contribution is -0.140. The third-order valence-corrected chi connectivity index (χ3v) is 4.12. The van der Waals surface area contributed by atoms with Gasteiger partial charge in [0.1, 0.15) is 6.61 Å². The number of fused-ring (bicyclic) bond motifs is 2. The van der Waals surface area contributed by atoms with Crippen LogP contribution in [0.2, 0.25) is 0 Å². The molecule has 2 bridgehead atoms. The summed E-state index contributed by atoms with van der Waals surface area (Å²) in [5.74, 6) is -2.88. The van der Waals surface area contributed by atoms with Crippen LogP contribution in [0.4, 0.5) is 13.6 Å². The molecule has 21 heavy (non-hydrogen) atoms. The van der Waals surface area contributed by atoms with Crippen molar-refractivity contribution in [3.8, 4) is 0 Å². The van der Waals surface area contributed by atoms with Crippen LogP contribution in [0.3, 0.4) is 0 Å². The molecule has 2 aliphatic rings. The summed E-state index contributed by atoms with van der Waals surface area (Å²) in [5.41, 5.74) is 0.944. The van der Waals surface area contributed by atoms with Gasteiger partial charge in [-0.1, -0.05) is 30.3 Å². The second kappa shape index (κ2) is 5.26. The van der Waals surface area contributed by atoms with Crippen LogP contribution < -0.4 is 0 Å². The number of piperidine rings is 1. The van der Waals surface area contributed by atoms with Crippen LogP contribution in [0.25, 0.3) is 0 Å². The molecule has 4 nitrogen and oxygen atoms in total. The summed E-state index contributed by atoms with van der Waals surface area (Å²) in [4.78, 5) is 19.1. The zero-order valence-electron chi connectivity index (χ0n) is 11.8. The summed E-state index contributed by atoms with van der Waals surface area (Å²) < 4.78 is 27.1. The van der Waals surface area contributed by atoms with Crippen molar-refractivity contribution in [2.75, 3.05) is 6.54 Å². The minimum Gasteiger partial charge on any atom is -0.312 e. The lowest BCUT2D eigenvalue weighted by atomic mass is 9.97. The number of nitrogens with zero attached hydrogens (tertiary/aromatic N) is 2. The van der Waals surface area contributed by atoms with Crippen LogP contribution in [-0.4, -0.2) is 40.5 Å². The molecule has 0 aliphatic carbocycles. The van der Waals surface area contributed by atoms with Crippen molar-refractivity contribution in [3.05, 3.63) is 35.9 Å². The number of hydrogen-bond acceptors (Lipinski definition) is 2. The zero-order valence-corrected chi connectivity index (χ0v) is 11.8. The van der Waals surface area contributed by atoms with Gasteiger partial charge in [-0.05, 0) is 18.4 Å². The predicted molar refractivity (Wildman–Crippen MR) is 72.6 cm³/mol. The second-order valence-electron chi connectivity index (χ2n) is 5.72. The van der Waals surface area contributed by atoms with E-state index in [2.05, 4.69) is 0 Å². The summed E-state index contributed by atoms with van der Waals surface area (Å²) in [6, 6.07) is 7.88. The van der Waals surface area contributed by atoms with Crippen LogP contribution in [0.5, 0.6) is 0 Å². The highest BCUT2D eigenvalue weighted by molar-refractivity contribution is 5.77. The van der Waals surface area contributed by atoms with Crippen molar-refractivity contribution < 1.29 is 18.4 Å². The average Bonchev–Trinajstić information content (AvgIpc) is 2.68. The molecule has 2 aliphatic heterocycles. The Labute approximate surface area is 122 Å². The van der Waals surface area contributed by atoms with Crippen molar-refractivity contribution in [1.82, 2.24) is 9.96 Å². The smallest absolute Gasteiger partial charge is 0.312 e. The highest BCUT2D eigenvalue weighted by Crippen LogP contribution is 2.37. The van der Waals surface area contributed by atoms with Crippen LogP contribution in [0.15, 0.2) is 30.3 Å². The molecule has 0 saturated carbocycles. The maximum atomic E-state index is 13.6. The van der Waals surface area contributed by atoms with E-state index in [1.54, 1.807) is 0 Å². The topological polar surface area (TPSA) is 32.8 Å². The molecule has 0 spiro atoms. The first kappa shape index (κ1) is 14.3. The number of amides is 2. The van der Waals surface area contributed by atoms with Crippen molar-refractivity contribution >= 4 is 6.03 Å². The van der Waals surface area contributed by atoms with Gasteiger partial charge in [0.05, 0.1) is 12.1 Å². The first-order valence-corrected chi connectivity index (χ1v) is 7.11. The first-order chi connectivity index (χ1) is 9.97. The molecule has 1 aromatic rings. The monoisotopic (exact) mass is 296 g/mol. The van der Waals surface area contributed by atoms with Gasteiger partial charge in [0, 0.05) is 13.5 Å². The molecule has 2 saturated heterocycles. The number of hydrogen-bond donors (Lipinski definition) is 0. The molecule has 3 rings (SSSR count). The third kappa shape index (κ3) is 2.72. The van der Waals surface area contributed by atoms with E-state index in [1.165, 1.54) is 9.96 Å². The van der Waals surface area contributed by atoms with E-state index >= 15 is 0 Å². The van der Waals surface area contributed by atoms with E-state index < -0.39 is 18.0 Å². The van der Waals surface area contributed by atoms with E-state index in [9.17, 15) is 13.6 Å². The quantitative estimate of drug-likeness (QED) is 0.855. The van der Waals surface area contributed by atoms with Gasteiger partial charge >= 0.3 is 6.03 Å². The Morgan fingerprint density at radius 2 is 2.00 bits per heavy atom. The first-order valence-electron chi connectivity index (χ1n) is 7.11. The summed E-state index contributed by atoms with van der Waals surface area (Å²) in [6.07, 6.45) is 0.857. The Morgan fingerprint density at radius 1 is 1.29 bits per heavy atom. The second-order valence-corrected chi connectivity index (χ2v) is 5.72. The minimum absolute atomic E-state index is 0.125. The number of carbonyl (C=O) groups excluding carboxylic acids is 1. The van der Waals surface area contributed by atoms with E-state index in [0.717, 1.165) is 12.5 Å². The fraction of sp³-hybridized carbons (Fsp3) is 0.533. The Bertz CT molecular complexity index is 518. The van der Waals surface area contributed by atoms with Gasteiger partial charge in [0.2, 0.25) is 0 Å². The SMILES string of the molecule is CC(F)(F)[C@@H]1CC[C@@H]2CN1C(=O)N2OCc1ccccc1. The van der Waals surface area contributed by atoms with Crippen molar-refractivity contribution in [2.45, 2.75) is 44.4 Å². The Hall–Kier alpha value is -1.69. The lowest BCUT2D eigenvalue weighted by Crippen LogP contribution is -2.49. The Morgan fingerprint density at radius 3 is 2.67 bits per heavy atom. The standard InChI is InChI=1S/C15H18F2N2O2/c1-15(16,17)13-8-7-12-9-18(13)14(20)19(12)21-10-11-5-3-2-4-6-11/h2-6,12-13H,7-10H2,1H3/t12-,13+/m1/s1. The number of halogens is 2. The lowest BCUT2D eigenvalue weighted by Gasteiger charge is -2.34. The van der Waals surface area contributed by atoms with Crippen LogP contribution in [-0.2, 0) is 11.4 Å². The molecule has 1 aromatic carbocycles. The van der Waals surface area contributed by atoms with Crippen molar-refractivity contribution in [3.63, 3.8) is 0 Å². The predicted octanol–water partition coefficient (Wildman–Crippen LogP) is 3.04. The molecule has 0 N–H and O–H groups in total. The van der Waals surface area contributed by atoms with Gasteiger partial charge in [-0.2, -0.15) is 5.06 Å². The zero-order chi connectivity index (χ0) is 15.0. The third-order valence-electron chi connectivity index (χ3n) is 4.12. The normalized spacial score (nSPS) is 25.6. The van der Waals surface area contributed by atoms with Crippen molar-refractivity contribution in [2.24, 2.45) is 0 Å². The Balaban J connectivity index is 1.67. The number of hydroxylamine groups is 2. The van der Waals surface area contributed by atoms with Crippen LogP contribution in [0, 0.1) is 0 Å². The Kier molecular flexibility index (Phi) is 3.57. The number of alkyl halides is 2. The number of carbonyl (C=O) groups is 1. The van der Waals surface area contributed by atoms with Gasteiger partial charge in [0.15, 0.2) is 0 Å². The summed E-state index contributed by atoms with van der Waals surface area (Å²) in [7, 11) is 0. The van der Waals surface area contributed by atoms with Gasteiger partial charge in [-0.25, -0.2) is 13.6 Å². The summed E-state index contributed by atoms with van der Waals surface area (Å²) in [6.45, 7) is 1.46. The fourth-order valence-corrected chi connectivity index (χ4v) is 3.04. The van der Waals surface area contributed by atoms with E-state index in [1.807, 2.05) is 30.3 Å². The fourth-order valence-electron chi connectivity index (χ4n) is 3.04. The molecule has 0 unspecified atom stereocenters. The highest BCUT2D eigenvalue weighted by Gasteiger charge is 2.52. The van der Waals surface area contributed by atoms with Crippen LogP contribution in [0.1, 0.15) is 25.3 Å². The largest absolute Gasteiger partial charge is 0.344 e. The number of urea groups is 1. The van der Waals surface area contributed by atoms with Gasteiger partial charge < -0.3 is 4.90 Å². The molecule has 2 amide bonds. The van der Waals surface area contributed by atoms with E-state index in [-0.39, 0.29) is 12.6 Å². The summed E-state index contributed by atoms with van der Waals surface area (Å²) in [5, 5.41) is 1.28. The van der Waals surface area contributed by atoms with E-state index in [4.69, 9.17) is 4.84 Å². The molecule has 0 radical (unpaired) electrons. The van der Waals surface area contributed by atoms with E-state index in [0.29, 0.717) is 19.4 Å². The molecule has 2 fully saturated rings. The number of rotatable bonds is 4. The molecule has 2 heterocycles. The minimum atomic E-state index is -2.88. The molecular formula is C15H18F2N2O2. The van der Waals surface area contributed by atoms with Gasteiger partial charge in [-0.15, -0.1) is 0 Å². The molecule has 114 valence electrons. The highest BCUT2D eigenvalue weighted by atomic mass is 19.3. The molecule has 0 aromatic heterocycles.